The van der Waals surface area contributed by atoms with E-state index in [2.05, 4.69) is 20.4 Å². The molecule has 3 N–H and O–H groups in total. The Hall–Kier alpha value is -1.76. The minimum Gasteiger partial charge on any atom is -0.368 e. The normalized spacial score (nSPS) is 18.8. The number of halogens is 5. The molecule has 0 bridgehead atoms. The number of rotatable bonds is 8. The first kappa shape index (κ1) is 24.4. The Kier molecular flexibility index (Phi) is 7.56. The molecule has 1 aliphatic rings. The largest absolute Gasteiger partial charge is 0.446 e. The molecule has 13 heteroatoms. The predicted octanol–water partition coefficient (Wildman–Crippen LogP) is 5.97. The summed E-state index contributed by atoms with van der Waals surface area (Å²) in [6.45, 7) is 1.08. The third-order valence-electron chi connectivity index (χ3n) is 5.46. The average molecular weight is 522 g/mol. The Balaban J connectivity index is 1.57. The summed E-state index contributed by atoms with van der Waals surface area (Å²) in [4.78, 5) is 13.3. The molecule has 7 nitrogen and oxygen atoms in total. The lowest BCUT2D eigenvalue weighted by Crippen LogP contribution is -2.16. The number of nitrogens with two attached hydrogens (primary N) is 1. The molecular formula is C20H20Cl2F3N5O2S. The van der Waals surface area contributed by atoms with Crippen molar-refractivity contribution >= 4 is 46.4 Å². The smallest absolute Gasteiger partial charge is 0.368 e. The van der Waals surface area contributed by atoms with E-state index in [1.54, 1.807) is 6.07 Å². The quantitative estimate of drug-likeness (QED) is 0.214. The van der Waals surface area contributed by atoms with Gasteiger partial charge in [-0.15, -0.1) is 4.99 Å². The maximum absolute atomic E-state index is 12.8. The molecule has 2 heterocycles. The van der Waals surface area contributed by atoms with Crippen LogP contribution < -0.4 is 11.2 Å². The monoisotopic (exact) mass is 521 g/mol. The Morgan fingerprint density at radius 1 is 1.24 bits per heavy atom. The molecule has 0 spiro atoms. The molecule has 178 valence electrons. The van der Waals surface area contributed by atoms with Crippen LogP contribution in [0.2, 0.25) is 10.0 Å². The molecule has 2 aromatic heterocycles. The first-order valence-electron chi connectivity index (χ1n) is 10.1. The molecule has 0 radical (unpaired) electrons. The molecule has 1 aliphatic carbocycles. The van der Waals surface area contributed by atoms with Crippen molar-refractivity contribution in [2.75, 3.05) is 18.5 Å². The molecule has 1 fully saturated rings. The van der Waals surface area contributed by atoms with E-state index in [0.29, 0.717) is 52.7 Å². The number of benzene rings is 1. The van der Waals surface area contributed by atoms with E-state index in [4.69, 9.17) is 34.0 Å². The van der Waals surface area contributed by atoms with Crippen LogP contribution in [0.4, 0.5) is 19.0 Å². The molecule has 33 heavy (non-hydrogen) atoms. The number of alkyl halides is 3. The van der Waals surface area contributed by atoms with Gasteiger partial charge in [-0.05, 0) is 55.0 Å². The lowest BCUT2D eigenvalue weighted by atomic mass is 10.1. The minimum atomic E-state index is -4.39. The fourth-order valence-corrected chi connectivity index (χ4v) is 5.08. The van der Waals surface area contributed by atoms with Gasteiger partial charge >= 0.3 is 5.51 Å². The zero-order valence-corrected chi connectivity index (χ0v) is 19.4. The fraction of sp³-hybridized carbons (Fsp3) is 0.400. The van der Waals surface area contributed by atoms with Crippen LogP contribution in [-0.4, -0.2) is 33.3 Å². The van der Waals surface area contributed by atoms with Crippen LogP contribution in [0.15, 0.2) is 35.4 Å². The van der Waals surface area contributed by atoms with Crippen molar-refractivity contribution in [2.24, 2.45) is 17.7 Å². The summed E-state index contributed by atoms with van der Waals surface area (Å²) in [5.41, 5.74) is -3.28. The van der Waals surface area contributed by atoms with Gasteiger partial charge < -0.3 is 5.32 Å². The van der Waals surface area contributed by atoms with Crippen molar-refractivity contribution in [3.8, 4) is 11.3 Å². The van der Waals surface area contributed by atoms with Crippen LogP contribution in [0, 0.1) is 11.8 Å². The second-order valence-corrected chi connectivity index (χ2v) is 9.66. The molecule has 1 saturated carbocycles. The van der Waals surface area contributed by atoms with Gasteiger partial charge in [0.2, 0.25) is 0 Å². The highest BCUT2D eigenvalue weighted by molar-refractivity contribution is 8.00. The number of thioether (sulfide) groups is 1. The number of anilines is 1. The third-order valence-corrected chi connectivity index (χ3v) is 6.81. The van der Waals surface area contributed by atoms with Crippen LogP contribution in [-0.2, 0) is 9.88 Å². The Morgan fingerprint density at radius 2 is 2.03 bits per heavy atom. The first-order chi connectivity index (χ1) is 15.7. The highest BCUT2D eigenvalue weighted by Gasteiger charge is 2.30. The number of nitrogens with one attached hydrogen (secondary N) is 1. The van der Waals surface area contributed by atoms with Crippen molar-refractivity contribution in [3.63, 3.8) is 0 Å². The zero-order chi connectivity index (χ0) is 23.6. The van der Waals surface area contributed by atoms with Crippen molar-refractivity contribution in [1.29, 1.82) is 0 Å². The molecule has 2 unspecified atom stereocenters. The second-order valence-electron chi connectivity index (χ2n) is 7.74. The van der Waals surface area contributed by atoms with Gasteiger partial charge in [-0.3, -0.25) is 0 Å². The molecule has 2 atom stereocenters. The van der Waals surface area contributed by atoms with Gasteiger partial charge in [-0.25, -0.2) is 9.87 Å². The van der Waals surface area contributed by atoms with Gasteiger partial charge in [0.15, 0.2) is 11.5 Å². The lowest BCUT2D eigenvalue weighted by molar-refractivity contribution is -0.305. The molecular weight excluding hydrogens is 502 g/mol. The fourth-order valence-electron chi connectivity index (χ4n) is 4.01. The van der Waals surface area contributed by atoms with Crippen molar-refractivity contribution in [2.45, 2.75) is 29.7 Å². The van der Waals surface area contributed by atoms with Crippen LogP contribution in [0.3, 0.4) is 0 Å². The van der Waals surface area contributed by atoms with Gasteiger partial charge in [0, 0.05) is 17.0 Å². The van der Waals surface area contributed by atoms with Crippen LogP contribution >= 0.6 is 35.0 Å². The molecule has 0 saturated heterocycles. The molecule has 0 amide bonds. The maximum Gasteiger partial charge on any atom is 0.446 e. The highest BCUT2D eigenvalue weighted by Crippen LogP contribution is 2.40. The predicted molar refractivity (Wildman–Crippen MR) is 121 cm³/mol. The number of aromatic nitrogens is 3. The van der Waals surface area contributed by atoms with Crippen LogP contribution in [0.5, 0.6) is 0 Å². The highest BCUT2D eigenvalue weighted by atomic mass is 35.5. The Labute approximate surface area is 201 Å². The Morgan fingerprint density at radius 3 is 2.79 bits per heavy atom. The van der Waals surface area contributed by atoms with Crippen LogP contribution in [0.1, 0.15) is 19.3 Å². The molecule has 0 aliphatic heterocycles. The zero-order valence-electron chi connectivity index (χ0n) is 17.1. The van der Waals surface area contributed by atoms with Gasteiger partial charge in [0.05, 0.1) is 12.8 Å². The van der Waals surface area contributed by atoms with E-state index in [1.165, 1.54) is 28.9 Å². The summed E-state index contributed by atoms with van der Waals surface area (Å²) in [6.07, 6.45) is 4.42. The number of hydrogen-bond acceptors (Lipinski definition) is 7. The summed E-state index contributed by atoms with van der Waals surface area (Å²) in [7, 11) is 0. The van der Waals surface area contributed by atoms with Crippen molar-refractivity contribution in [3.05, 3.63) is 40.5 Å². The summed E-state index contributed by atoms with van der Waals surface area (Å²) >= 11 is 12.7. The second kappa shape index (κ2) is 10.2. The number of hydrogen-bond donors (Lipinski definition) is 2. The lowest BCUT2D eigenvalue weighted by Gasteiger charge is -2.14. The summed E-state index contributed by atoms with van der Waals surface area (Å²) in [5, 5.41) is 8.42. The molecule has 3 aromatic rings. The number of fused-ring (bicyclic) bond motifs is 1. The van der Waals surface area contributed by atoms with Crippen LogP contribution in [0.25, 0.3) is 16.9 Å². The first-order valence-corrected chi connectivity index (χ1v) is 11.6. The van der Waals surface area contributed by atoms with E-state index in [1.807, 2.05) is 0 Å². The van der Waals surface area contributed by atoms with Crippen molar-refractivity contribution in [1.82, 2.24) is 14.6 Å². The number of nitrogens with zero attached hydrogens (tertiary/aromatic N) is 3. The van der Waals surface area contributed by atoms with E-state index in [0.717, 1.165) is 19.3 Å². The van der Waals surface area contributed by atoms with Gasteiger partial charge in [0.1, 0.15) is 15.7 Å². The summed E-state index contributed by atoms with van der Waals surface area (Å²) < 4.78 is 39.8. The van der Waals surface area contributed by atoms with Crippen molar-refractivity contribution < 1.29 is 23.0 Å². The SMILES string of the molecule is NOOCC1CCC(CNc2c(Cl)cnc3c(Cl)c(-c4cccc(SC(F)(F)F)c4)nn23)C1. The minimum absolute atomic E-state index is 0.0391. The molecule has 4 rings (SSSR count). The topological polar surface area (TPSA) is 86.7 Å². The van der Waals surface area contributed by atoms with E-state index < -0.39 is 5.51 Å². The summed E-state index contributed by atoms with van der Waals surface area (Å²) in [6, 6.07) is 5.95. The van der Waals surface area contributed by atoms with Gasteiger partial charge in [-0.2, -0.15) is 28.7 Å². The third kappa shape index (κ3) is 5.84. The van der Waals surface area contributed by atoms with Gasteiger partial charge in [-0.1, -0.05) is 35.3 Å². The Bertz CT molecular complexity index is 1130. The molecule has 1 aromatic carbocycles. The van der Waals surface area contributed by atoms with E-state index in [-0.39, 0.29) is 21.7 Å². The maximum atomic E-state index is 12.8. The van der Waals surface area contributed by atoms with Gasteiger partial charge in [0.25, 0.3) is 0 Å². The van der Waals surface area contributed by atoms with E-state index in [9.17, 15) is 13.2 Å². The average Bonchev–Trinajstić information content (AvgIpc) is 3.35. The van der Waals surface area contributed by atoms with E-state index >= 15 is 0 Å². The standard InChI is InChI=1S/C20H20Cl2F3N5O2S/c21-15-9-28-19-16(22)17(13-2-1-3-14(7-13)33-20(23,24)25)29-30(19)18(15)27-8-11-4-5-12(6-11)10-31-32-26/h1-3,7,9,11-12,27H,4-6,8,10,26H2. The summed E-state index contributed by atoms with van der Waals surface area (Å²) in [5.74, 6) is 6.17.